The van der Waals surface area contributed by atoms with Crippen LogP contribution in [0.15, 0.2) is 54.6 Å². The van der Waals surface area contributed by atoms with Gasteiger partial charge in [0.2, 0.25) is 5.91 Å². The van der Waals surface area contributed by atoms with Crippen molar-refractivity contribution in [2.45, 2.75) is 31.7 Å². The van der Waals surface area contributed by atoms with Gasteiger partial charge in [-0.05, 0) is 37.1 Å². The summed E-state index contributed by atoms with van der Waals surface area (Å²) in [7, 11) is 0. The molecule has 0 aliphatic carbocycles. The Kier molecular flexibility index (Phi) is 4.62. The van der Waals surface area contributed by atoms with Crippen molar-refractivity contribution in [3.63, 3.8) is 0 Å². The molecule has 0 radical (unpaired) electrons. The van der Waals surface area contributed by atoms with E-state index in [9.17, 15) is 14.7 Å². The van der Waals surface area contributed by atoms with E-state index in [-0.39, 0.29) is 12.3 Å². The number of aliphatic carboxylic acids is 1. The van der Waals surface area contributed by atoms with Gasteiger partial charge < -0.3 is 10.0 Å². The number of carboxylic acids is 1. The van der Waals surface area contributed by atoms with E-state index in [1.807, 2.05) is 54.6 Å². The molecule has 27 heavy (non-hydrogen) atoms. The molecule has 6 nitrogen and oxygen atoms in total. The highest BCUT2D eigenvalue weighted by molar-refractivity contribution is 5.84. The first-order valence-electron chi connectivity index (χ1n) is 9.19. The van der Waals surface area contributed by atoms with Gasteiger partial charge in [-0.1, -0.05) is 30.3 Å². The maximum absolute atomic E-state index is 12.6. The molecular formula is C21H21N3O3. The molecule has 0 bridgehead atoms. The second-order valence-corrected chi connectivity index (χ2v) is 6.77. The van der Waals surface area contributed by atoms with E-state index in [1.165, 1.54) is 4.90 Å². The van der Waals surface area contributed by atoms with Crippen LogP contribution in [0, 0.1) is 0 Å². The van der Waals surface area contributed by atoms with E-state index < -0.39 is 12.0 Å². The second-order valence-electron chi connectivity index (χ2n) is 6.77. The Morgan fingerprint density at radius 2 is 1.81 bits per heavy atom. The zero-order valence-corrected chi connectivity index (χ0v) is 14.9. The van der Waals surface area contributed by atoms with Crippen LogP contribution in [-0.4, -0.2) is 44.0 Å². The standard InChI is InChI=1S/C21H21N3O3/c25-20(23-14-6-11-18(23)21(26)27)13-12-19-22-16-9-4-5-10-17(16)24(19)15-7-2-1-3-8-15/h1-5,7-10,18H,6,11-14H2,(H,26,27)/t18-/m0/s1. The van der Waals surface area contributed by atoms with E-state index in [1.54, 1.807) is 0 Å². The predicted octanol–water partition coefficient (Wildman–Crippen LogP) is 3.03. The third kappa shape index (κ3) is 3.30. The summed E-state index contributed by atoms with van der Waals surface area (Å²) in [5.74, 6) is -0.231. The molecule has 3 aromatic rings. The highest BCUT2D eigenvalue weighted by atomic mass is 16.4. The third-order valence-electron chi connectivity index (χ3n) is 5.07. The lowest BCUT2D eigenvalue weighted by molar-refractivity contribution is -0.148. The lowest BCUT2D eigenvalue weighted by atomic mass is 10.2. The van der Waals surface area contributed by atoms with E-state index >= 15 is 0 Å². The van der Waals surface area contributed by atoms with Crippen LogP contribution < -0.4 is 0 Å². The van der Waals surface area contributed by atoms with E-state index in [4.69, 9.17) is 4.98 Å². The molecule has 0 spiro atoms. The topological polar surface area (TPSA) is 75.4 Å². The van der Waals surface area contributed by atoms with Crippen LogP contribution >= 0.6 is 0 Å². The van der Waals surface area contributed by atoms with Crippen molar-refractivity contribution >= 4 is 22.9 Å². The molecule has 1 aliphatic rings. The number of amides is 1. The maximum atomic E-state index is 12.6. The first-order valence-corrected chi connectivity index (χ1v) is 9.19. The molecule has 1 aliphatic heterocycles. The number of benzene rings is 2. The van der Waals surface area contributed by atoms with Gasteiger partial charge in [-0.25, -0.2) is 9.78 Å². The number of fused-ring (bicyclic) bond motifs is 1. The Hall–Kier alpha value is -3.15. The summed E-state index contributed by atoms with van der Waals surface area (Å²) in [5.41, 5.74) is 2.88. The molecule has 0 unspecified atom stereocenters. The van der Waals surface area contributed by atoms with Crippen LogP contribution in [0.3, 0.4) is 0 Å². The highest BCUT2D eigenvalue weighted by Gasteiger charge is 2.33. The van der Waals surface area contributed by atoms with Gasteiger partial charge >= 0.3 is 5.97 Å². The Labute approximate surface area is 157 Å². The summed E-state index contributed by atoms with van der Waals surface area (Å²) in [6, 6.07) is 17.1. The largest absolute Gasteiger partial charge is 0.480 e. The van der Waals surface area contributed by atoms with Gasteiger partial charge in [0.25, 0.3) is 0 Å². The van der Waals surface area contributed by atoms with Crippen LogP contribution in [-0.2, 0) is 16.0 Å². The summed E-state index contributed by atoms with van der Waals surface area (Å²) < 4.78 is 2.07. The number of carboxylic acid groups (broad SMARTS) is 1. The van der Waals surface area contributed by atoms with Crippen LogP contribution in [0.1, 0.15) is 25.1 Å². The van der Waals surface area contributed by atoms with Crippen LogP contribution in [0.4, 0.5) is 0 Å². The number of para-hydroxylation sites is 3. The molecule has 138 valence electrons. The molecule has 2 aromatic carbocycles. The van der Waals surface area contributed by atoms with Gasteiger partial charge in [-0.15, -0.1) is 0 Å². The van der Waals surface area contributed by atoms with Crippen molar-refractivity contribution in [1.82, 2.24) is 14.5 Å². The number of imidazole rings is 1. The number of rotatable bonds is 5. The summed E-state index contributed by atoms with van der Waals surface area (Å²) in [6.45, 7) is 0.519. The Bertz CT molecular complexity index is 981. The number of carbonyl (C=O) groups excluding carboxylic acids is 1. The smallest absolute Gasteiger partial charge is 0.326 e. The normalized spacial score (nSPS) is 16.7. The van der Waals surface area contributed by atoms with E-state index in [0.29, 0.717) is 19.4 Å². The molecule has 4 rings (SSSR count). The first kappa shape index (κ1) is 17.3. The first-order chi connectivity index (χ1) is 13.1. The quantitative estimate of drug-likeness (QED) is 0.756. The second kappa shape index (κ2) is 7.23. The number of aryl methyl sites for hydroxylation is 1. The number of nitrogens with zero attached hydrogens (tertiary/aromatic N) is 3. The van der Waals surface area contributed by atoms with Crippen molar-refractivity contribution in [3.8, 4) is 5.69 Å². The summed E-state index contributed by atoms with van der Waals surface area (Å²) in [6.07, 6.45) is 1.99. The lowest BCUT2D eigenvalue weighted by Gasteiger charge is -2.21. The van der Waals surface area contributed by atoms with Crippen molar-refractivity contribution in [3.05, 3.63) is 60.4 Å². The van der Waals surface area contributed by atoms with Crippen molar-refractivity contribution in [2.24, 2.45) is 0 Å². The predicted molar refractivity (Wildman–Crippen MR) is 102 cm³/mol. The molecular weight excluding hydrogens is 342 g/mol. The van der Waals surface area contributed by atoms with Gasteiger partial charge in [0.05, 0.1) is 11.0 Å². The number of aromatic nitrogens is 2. The van der Waals surface area contributed by atoms with Gasteiger partial charge in [-0.3, -0.25) is 9.36 Å². The van der Waals surface area contributed by atoms with Gasteiger partial charge in [0.15, 0.2) is 0 Å². The SMILES string of the molecule is O=C(O)[C@@H]1CCCN1C(=O)CCc1nc2ccccc2n1-c1ccccc1. The molecule has 1 N–H and O–H groups in total. The molecule has 1 atom stereocenters. The molecule has 6 heteroatoms. The van der Waals surface area contributed by atoms with Crippen LogP contribution in [0.25, 0.3) is 16.7 Å². The Balaban J connectivity index is 1.61. The number of hydrogen-bond acceptors (Lipinski definition) is 3. The Morgan fingerprint density at radius 3 is 2.59 bits per heavy atom. The zero-order chi connectivity index (χ0) is 18.8. The fraction of sp³-hybridized carbons (Fsp3) is 0.286. The fourth-order valence-electron chi connectivity index (χ4n) is 3.79. The summed E-state index contributed by atoms with van der Waals surface area (Å²) >= 11 is 0. The molecule has 0 saturated carbocycles. The fourth-order valence-corrected chi connectivity index (χ4v) is 3.79. The molecule has 1 amide bonds. The van der Waals surface area contributed by atoms with E-state index in [2.05, 4.69) is 4.57 Å². The maximum Gasteiger partial charge on any atom is 0.326 e. The minimum Gasteiger partial charge on any atom is -0.480 e. The molecule has 1 fully saturated rings. The highest BCUT2D eigenvalue weighted by Crippen LogP contribution is 2.23. The van der Waals surface area contributed by atoms with Crippen molar-refractivity contribution in [2.75, 3.05) is 6.54 Å². The molecule has 2 heterocycles. The molecule has 1 aromatic heterocycles. The van der Waals surface area contributed by atoms with Crippen LogP contribution in [0.5, 0.6) is 0 Å². The number of likely N-dealkylation sites (tertiary alicyclic amines) is 1. The molecule has 1 saturated heterocycles. The van der Waals surface area contributed by atoms with E-state index in [0.717, 1.165) is 29.0 Å². The Morgan fingerprint density at radius 1 is 1.07 bits per heavy atom. The summed E-state index contributed by atoms with van der Waals surface area (Å²) in [5, 5.41) is 9.30. The van der Waals surface area contributed by atoms with Crippen LogP contribution in [0.2, 0.25) is 0 Å². The van der Waals surface area contributed by atoms with Crippen molar-refractivity contribution < 1.29 is 14.7 Å². The minimum atomic E-state index is -0.919. The van der Waals surface area contributed by atoms with Crippen molar-refractivity contribution in [1.29, 1.82) is 0 Å². The average Bonchev–Trinajstić information content (AvgIpc) is 3.31. The zero-order valence-electron chi connectivity index (χ0n) is 14.9. The van der Waals surface area contributed by atoms with Gasteiger partial charge in [0, 0.05) is 25.1 Å². The van der Waals surface area contributed by atoms with Gasteiger partial charge in [0.1, 0.15) is 11.9 Å². The summed E-state index contributed by atoms with van der Waals surface area (Å²) in [4.78, 5) is 30.2. The minimum absolute atomic E-state index is 0.119. The third-order valence-corrected chi connectivity index (χ3v) is 5.07. The lowest BCUT2D eigenvalue weighted by Crippen LogP contribution is -2.40. The number of hydrogen-bond donors (Lipinski definition) is 1. The monoisotopic (exact) mass is 363 g/mol. The number of carbonyl (C=O) groups is 2. The van der Waals surface area contributed by atoms with Gasteiger partial charge in [-0.2, -0.15) is 0 Å². The average molecular weight is 363 g/mol.